The Balaban J connectivity index is 1.88. The summed E-state index contributed by atoms with van der Waals surface area (Å²) in [5, 5.41) is 4.75. The van der Waals surface area contributed by atoms with Crippen LogP contribution in [-0.2, 0) is 9.53 Å². The van der Waals surface area contributed by atoms with Crippen LogP contribution in [0.5, 0.6) is 0 Å². The summed E-state index contributed by atoms with van der Waals surface area (Å²) in [5.74, 6) is 0.383. The van der Waals surface area contributed by atoms with Crippen molar-refractivity contribution < 1.29 is 9.53 Å². The van der Waals surface area contributed by atoms with Gasteiger partial charge in [0.15, 0.2) is 17.0 Å². The lowest BCUT2D eigenvalue weighted by Crippen LogP contribution is -2.28. The zero-order valence-electron chi connectivity index (χ0n) is 18.4. The number of benzene rings is 2. The minimum atomic E-state index is -0.606. The van der Waals surface area contributed by atoms with Gasteiger partial charge in [-0.3, -0.25) is 9.36 Å². The summed E-state index contributed by atoms with van der Waals surface area (Å²) in [6, 6.07) is 10.2. The Hall–Kier alpha value is -2.58. The van der Waals surface area contributed by atoms with Crippen molar-refractivity contribution in [2.45, 2.75) is 26.4 Å². The van der Waals surface area contributed by atoms with E-state index in [0.717, 1.165) is 0 Å². The highest BCUT2D eigenvalue weighted by atomic mass is 35.5. The Bertz CT molecular complexity index is 1400. The molecule has 0 bridgehead atoms. The van der Waals surface area contributed by atoms with Crippen molar-refractivity contribution in [3.05, 3.63) is 62.8 Å². The summed E-state index contributed by atoms with van der Waals surface area (Å²) in [5.41, 5.74) is 1.45. The van der Waals surface area contributed by atoms with E-state index in [2.05, 4.69) is 15.3 Å². The van der Waals surface area contributed by atoms with Crippen LogP contribution >= 0.6 is 46.4 Å². The Kier molecular flexibility index (Phi) is 6.92. The molecule has 7 nitrogen and oxygen atoms in total. The monoisotopic (exact) mass is 537 g/mol. The van der Waals surface area contributed by atoms with Crippen molar-refractivity contribution in [3.8, 4) is 17.1 Å². The third-order valence-corrected chi connectivity index (χ3v) is 5.67. The van der Waals surface area contributed by atoms with Crippen molar-refractivity contribution in [2.75, 3.05) is 11.9 Å². The summed E-state index contributed by atoms with van der Waals surface area (Å²) in [4.78, 5) is 25.7. The minimum absolute atomic E-state index is 0.102. The lowest BCUT2D eigenvalue weighted by atomic mass is 10.2. The second kappa shape index (κ2) is 9.58. The van der Waals surface area contributed by atoms with Crippen LogP contribution in [0.3, 0.4) is 0 Å². The summed E-state index contributed by atoms with van der Waals surface area (Å²) in [6.45, 7) is 5.29. The SMILES string of the molecule is CC(C)(C)OC(=O)CNc1ncnc2c1nc(-c1ccc(Cl)cc1Cl)n2-c1ccc(Cl)cc1Cl. The third-order valence-electron chi connectivity index (χ3n) is 4.59. The fourth-order valence-corrected chi connectivity index (χ4v) is 4.28. The molecule has 0 radical (unpaired) electrons. The molecule has 0 aliphatic rings. The summed E-state index contributed by atoms with van der Waals surface area (Å²) >= 11 is 25.3. The maximum Gasteiger partial charge on any atom is 0.325 e. The van der Waals surface area contributed by atoms with Crippen LogP contribution in [0.2, 0.25) is 20.1 Å². The fourth-order valence-electron chi connectivity index (χ4n) is 3.30. The molecule has 0 unspecified atom stereocenters. The largest absolute Gasteiger partial charge is 0.459 e. The van der Waals surface area contributed by atoms with Crippen LogP contribution in [0.15, 0.2) is 42.7 Å². The average Bonchev–Trinajstić information content (AvgIpc) is 3.10. The molecule has 2 heterocycles. The molecule has 176 valence electrons. The van der Waals surface area contributed by atoms with Gasteiger partial charge in [-0.1, -0.05) is 46.4 Å². The molecule has 0 atom stereocenters. The molecule has 2 aromatic heterocycles. The van der Waals surface area contributed by atoms with Crippen LogP contribution in [0.4, 0.5) is 5.82 Å². The number of rotatable bonds is 5. The molecule has 4 rings (SSSR count). The topological polar surface area (TPSA) is 81.9 Å². The van der Waals surface area contributed by atoms with E-state index in [1.54, 1.807) is 61.7 Å². The number of imidazole rings is 1. The summed E-state index contributed by atoms with van der Waals surface area (Å²) < 4.78 is 7.12. The fraction of sp³-hybridized carbons (Fsp3) is 0.217. The van der Waals surface area contributed by atoms with E-state index in [0.29, 0.717) is 54.1 Å². The molecule has 0 aliphatic carbocycles. The normalized spacial score (nSPS) is 11.6. The Morgan fingerprint density at radius 1 is 1.00 bits per heavy atom. The van der Waals surface area contributed by atoms with Crippen LogP contribution in [0, 0.1) is 0 Å². The maximum atomic E-state index is 12.2. The van der Waals surface area contributed by atoms with Gasteiger partial charge in [0.25, 0.3) is 0 Å². The highest BCUT2D eigenvalue weighted by Crippen LogP contribution is 2.37. The van der Waals surface area contributed by atoms with Gasteiger partial charge in [-0.2, -0.15) is 0 Å². The number of hydrogen-bond donors (Lipinski definition) is 1. The van der Waals surface area contributed by atoms with Gasteiger partial charge in [0.2, 0.25) is 0 Å². The summed E-state index contributed by atoms with van der Waals surface area (Å²) in [7, 11) is 0. The zero-order valence-corrected chi connectivity index (χ0v) is 21.4. The number of anilines is 1. The van der Waals surface area contributed by atoms with Gasteiger partial charge in [0.05, 0.1) is 15.7 Å². The van der Waals surface area contributed by atoms with Crippen molar-refractivity contribution in [1.82, 2.24) is 19.5 Å². The molecule has 0 fully saturated rings. The second-order valence-electron chi connectivity index (χ2n) is 8.33. The van der Waals surface area contributed by atoms with Crippen molar-refractivity contribution >= 4 is 69.4 Å². The Morgan fingerprint density at radius 2 is 1.68 bits per heavy atom. The number of hydrogen-bond acceptors (Lipinski definition) is 6. The van der Waals surface area contributed by atoms with Gasteiger partial charge < -0.3 is 10.1 Å². The number of nitrogens with one attached hydrogen (secondary N) is 1. The molecule has 0 saturated heterocycles. The van der Waals surface area contributed by atoms with Gasteiger partial charge in [0, 0.05) is 15.6 Å². The van der Waals surface area contributed by atoms with Crippen molar-refractivity contribution in [3.63, 3.8) is 0 Å². The zero-order chi connectivity index (χ0) is 24.6. The maximum absolute atomic E-state index is 12.2. The molecule has 0 spiro atoms. The van der Waals surface area contributed by atoms with Crippen molar-refractivity contribution in [1.29, 1.82) is 0 Å². The smallest absolute Gasteiger partial charge is 0.325 e. The second-order valence-corrected chi connectivity index (χ2v) is 10.0. The van der Waals surface area contributed by atoms with Crippen LogP contribution < -0.4 is 5.32 Å². The van der Waals surface area contributed by atoms with E-state index >= 15 is 0 Å². The average molecular weight is 539 g/mol. The Morgan fingerprint density at radius 3 is 2.32 bits per heavy atom. The Labute approximate surface area is 216 Å². The van der Waals surface area contributed by atoms with Gasteiger partial charge in [-0.15, -0.1) is 0 Å². The van der Waals surface area contributed by atoms with E-state index in [9.17, 15) is 4.79 Å². The van der Waals surface area contributed by atoms with Crippen molar-refractivity contribution in [2.24, 2.45) is 0 Å². The number of carbonyl (C=O) groups is 1. The van der Waals surface area contributed by atoms with E-state index < -0.39 is 11.6 Å². The van der Waals surface area contributed by atoms with Gasteiger partial charge in [-0.25, -0.2) is 15.0 Å². The first kappa shape index (κ1) is 24.5. The van der Waals surface area contributed by atoms with E-state index in [1.807, 2.05) is 0 Å². The quantitative estimate of drug-likeness (QED) is 0.280. The number of nitrogens with zero attached hydrogens (tertiary/aromatic N) is 4. The lowest BCUT2D eigenvalue weighted by Gasteiger charge is -2.19. The van der Waals surface area contributed by atoms with Crippen LogP contribution in [0.1, 0.15) is 20.8 Å². The van der Waals surface area contributed by atoms with Gasteiger partial charge in [-0.05, 0) is 57.2 Å². The first-order valence-corrected chi connectivity index (χ1v) is 11.6. The van der Waals surface area contributed by atoms with Crippen LogP contribution in [0.25, 0.3) is 28.2 Å². The molecular weight excluding hydrogens is 520 g/mol. The molecule has 2 aromatic carbocycles. The molecule has 1 N–H and O–H groups in total. The third kappa shape index (κ3) is 5.23. The number of fused-ring (bicyclic) bond motifs is 1. The lowest BCUT2D eigenvalue weighted by molar-refractivity contribution is -0.152. The number of aromatic nitrogens is 4. The highest BCUT2D eigenvalue weighted by molar-refractivity contribution is 6.37. The van der Waals surface area contributed by atoms with Gasteiger partial charge >= 0.3 is 5.97 Å². The first-order valence-electron chi connectivity index (χ1n) is 10.1. The van der Waals surface area contributed by atoms with Crippen LogP contribution in [-0.4, -0.2) is 37.6 Å². The first-order chi connectivity index (χ1) is 16.0. The van der Waals surface area contributed by atoms with E-state index in [4.69, 9.17) is 56.1 Å². The predicted octanol–water partition coefficient (Wildman–Crippen LogP) is 6.85. The predicted molar refractivity (Wildman–Crippen MR) is 136 cm³/mol. The summed E-state index contributed by atoms with van der Waals surface area (Å²) in [6.07, 6.45) is 1.37. The molecule has 0 amide bonds. The number of ether oxygens (including phenoxy) is 1. The standard InChI is InChI=1S/C23H19Cl4N5O2/c1-23(2,3)34-18(33)10-28-20-19-22(30-11-29-20)32(17-7-5-13(25)9-16(17)27)21(31-19)14-6-4-12(24)8-15(14)26/h4-9,11H,10H2,1-3H3,(H,28,29,30). The molecular formula is C23H19Cl4N5O2. The van der Waals surface area contributed by atoms with Gasteiger partial charge in [0.1, 0.15) is 24.3 Å². The molecule has 11 heteroatoms. The molecule has 34 heavy (non-hydrogen) atoms. The minimum Gasteiger partial charge on any atom is -0.459 e. The molecule has 0 aliphatic heterocycles. The number of halogens is 4. The van der Waals surface area contributed by atoms with E-state index in [-0.39, 0.29) is 6.54 Å². The molecule has 0 saturated carbocycles. The number of carbonyl (C=O) groups excluding carboxylic acids is 1. The number of esters is 1. The highest BCUT2D eigenvalue weighted by Gasteiger charge is 2.23. The van der Waals surface area contributed by atoms with E-state index in [1.165, 1.54) is 6.33 Å². The molecule has 4 aromatic rings.